The Kier molecular flexibility index (Phi) is 7.49. The first-order chi connectivity index (χ1) is 15.0. The minimum atomic E-state index is -0.579. The van der Waals surface area contributed by atoms with Crippen LogP contribution in [-0.4, -0.2) is 81.1 Å². The smallest absolute Gasteiger partial charge is 0.314 e. The number of carbonyl (C=O) groups excluding carboxylic acids is 2. The average molecular weight is 446 g/mol. The molecule has 6 N–H and O–H groups in total. The van der Waals surface area contributed by atoms with Crippen LogP contribution < -0.4 is 26.8 Å². The summed E-state index contributed by atoms with van der Waals surface area (Å²) >= 11 is 1.06. The minimum absolute atomic E-state index is 0.100. The number of carbonyl (C=O) groups is 2. The van der Waals surface area contributed by atoms with E-state index in [0.29, 0.717) is 35.6 Å². The Morgan fingerprint density at radius 1 is 1.23 bits per heavy atom. The van der Waals surface area contributed by atoms with E-state index in [0.717, 1.165) is 24.4 Å². The molecule has 0 atom stereocenters. The number of nitrogens with zero attached hydrogens (tertiary/aromatic N) is 6. The van der Waals surface area contributed by atoms with Crippen LogP contribution in [0.3, 0.4) is 0 Å². The van der Waals surface area contributed by atoms with Crippen molar-refractivity contribution >= 4 is 46.1 Å². The van der Waals surface area contributed by atoms with Crippen LogP contribution in [0.5, 0.6) is 0 Å². The molecule has 0 spiro atoms. The molecule has 3 heterocycles. The molecule has 2 aromatic heterocycles. The molecule has 14 heteroatoms. The normalized spacial score (nSPS) is 13.8. The molecule has 1 aliphatic heterocycles. The molecule has 2 amide bonds. The van der Waals surface area contributed by atoms with Gasteiger partial charge in [0.05, 0.1) is 12.8 Å². The molecule has 31 heavy (non-hydrogen) atoms. The molecule has 0 saturated carbocycles. The van der Waals surface area contributed by atoms with Crippen molar-refractivity contribution in [3.63, 3.8) is 0 Å². The third-order valence-corrected chi connectivity index (χ3v) is 5.12. The highest BCUT2D eigenvalue weighted by Gasteiger charge is 2.21. The zero-order valence-corrected chi connectivity index (χ0v) is 17.6. The van der Waals surface area contributed by atoms with E-state index in [2.05, 4.69) is 52.8 Å². The summed E-state index contributed by atoms with van der Waals surface area (Å²) in [6.45, 7) is 5.06. The van der Waals surface area contributed by atoms with Crippen LogP contribution in [-0.2, 0) is 4.79 Å². The molecule has 0 aliphatic carbocycles. The van der Waals surface area contributed by atoms with Gasteiger partial charge in [-0.15, -0.1) is 0 Å². The van der Waals surface area contributed by atoms with E-state index in [9.17, 15) is 9.59 Å². The summed E-state index contributed by atoms with van der Waals surface area (Å²) < 4.78 is 0. The summed E-state index contributed by atoms with van der Waals surface area (Å²) in [7, 11) is 0. The quantitative estimate of drug-likeness (QED) is 0.242. The van der Waals surface area contributed by atoms with Gasteiger partial charge < -0.3 is 15.7 Å². The average Bonchev–Trinajstić information content (AvgIpc) is 3.22. The highest BCUT2D eigenvalue weighted by molar-refractivity contribution is 7.17. The van der Waals surface area contributed by atoms with E-state index in [-0.39, 0.29) is 18.5 Å². The number of aliphatic hydroxyl groups is 1. The second-order valence-electron chi connectivity index (χ2n) is 6.31. The third kappa shape index (κ3) is 6.22. The van der Waals surface area contributed by atoms with E-state index < -0.39 is 11.8 Å². The van der Waals surface area contributed by atoms with Gasteiger partial charge >= 0.3 is 5.91 Å². The third-order valence-electron chi connectivity index (χ3n) is 4.19. The number of amides is 2. The fourth-order valence-corrected chi connectivity index (χ4v) is 3.39. The number of nitrogens with two attached hydrogens (primary N) is 1. The number of hydrogen-bond acceptors (Lipinski definition) is 12. The Labute approximate surface area is 182 Å². The molecule has 3 rings (SSSR count). The lowest BCUT2D eigenvalue weighted by atomic mass is 10.3. The largest absolute Gasteiger partial charge is 0.395 e. The van der Waals surface area contributed by atoms with E-state index in [4.69, 9.17) is 10.8 Å². The van der Waals surface area contributed by atoms with Gasteiger partial charge in [0, 0.05) is 32.7 Å². The van der Waals surface area contributed by atoms with Gasteiger partial charge in [-0.2, -0.15) is 15.0 Å². The second-order valence-corrected chi connectivity index (χ2v) is 7.34. The summed E-state index contributed by atoms with van der Waals surface area (Å²) in [6.07, 6.45) is 1.36. The van der Waals surface area contributed by atoms with Gasteiger partial charge in [-0.25, -0.2) is 4.98 Å². The molecular formula is C17H22N10O3S. The molecule has 1 fully saturated rings. The number of piperazine rings is 1. The predicted molar refractivity (Wildman–Crippen MR) is 115 cm³/mol. The highest BCUT2D eigenvalue weighted by Crippen LogP contribution is 2.22. The first kappa shape index (κ1) is 22.2. The highest BCUT2D eigenvalue weighted by atomic mass is 32.1. The number of anilines is 4. The van der Waals surface area contributed by atoms with Crippen molar-refractivity contribution in [3.05, 3.63) is 11.1 Å². The van der Waals surface area contributed by atoms with Crippen molar-refractivity contribution in [1.82, 2.24) is 30.3 Å². The number of β-amino-alcohol motifs (C(OH)–C–C–N with tert-alkyl or cyclic N) is 1. The van der Waals surface area contributed by atoms with Crippen LogP contribution in [0.1, 0.15) is 16.6 Å². The van der Waals surface area contributed by atoms with E-state index in [1.807, 2.05) is 4.90 Å². The number of rotatable bonds is 8. The maximum atomic E-state index is 11.6. The van der Waals surface area contributed by atoms with Gasteiger partial charge in [-0.1, -0.05) is 17.3 Å². The first-order valence-corrected chi connectivity index (χ1v) is 10.2. The Bertz CT molecular complexity index is 994. The van der Waals surface area contributed by atoms with Crippen LogP contribution in [0.2, 0.25) is 0 Å². The molecule has 13 nitrogen and oxygen atoms in total. The Morgan fingerprint density at radius 3 is 2.61 bits per heavy atom. The molecule has 0 bridgehead atoms. The minimum Gasteiger partial charge on any atom is -0.395 e. The number of hydrazine groups is 1. The number of aliphatic hydroxyl groups excluding tert-OH is 1. The summed E-state index contributed by atoms with van der Waals surface area (Å²) in [4.78, 5) is 44.4. The van der Waals surface area contributed by atoms with Crippen molar-refractivity contribution in [1.29, 1.82) is 0 Å². The second kappa shape index (κ2) is 10.5. The molecular weight excluding hydrogens is 424 g/mol. The van der Waals surface area contributed by atoms with E-state index in [1.54, 1.807) is 6.92 Å². The van der Waals surface area contributed by atoms with Gasteiger partial charge in [-0.3, -0.25) is 30.7 Å². The topological polar surface area (TPSA) is 175 Å². The zero-order chi connectivity index (χ0) is 22.2. The standard InChI is InChI=1S/C17H22N10O3S/c1-2-3-12(29)24-25-15-20-14(23-17-19-10-11(31-17)13(18)30)21-16(22-15)27-6-4-26(5-7-27)8-9-28/h10,28H,4-9H2,1H3,(H2,18,30)(H,24,29)(H2,19,20,21,22,23,25). The summed E-state index contributed by atoms with van der Waals surface area (Å²) in [5.41, 5.74) is 10.3. The maximum absolute atomic E-state index is 11.6. The Balaban J connectivity index is 1.80. The monoisotopic (exact) mass is 446 g/mol. The van der Waals surface area contributed by atoms with Gasteiger partial charge in [0.25, 0.3) is 5.91 Å². The molecule has 164 valence electrons. The summed E-state index contributed by atoms with van der Waals surface area (Å²) in [6, 6.07) is 0. The lowest BCUT2D eigenvalue weighted by Gasteiger charge is -2.34. The molecule has 0 aromatic carbocycles. The molecule has 2 aromatic rings. The summed E-state index contributed by atoms with van der Waals surface area (Å²) in [5.74, 6) is 4.38. The summed E-state index contributed by atoms with van der Waals surface area (Å²) in [5, 5.41) is 12.4. The number of thiazole rings is 1. The molecule has 0 unspecified atom stereocenters. The fourth-order valence-electron chi connectivity index (χ4n) is 2.73. The predicted octanol–water partition coefficient (Wildman–Crippen LogP) is -1.25. The van der Waals surface area contributed by atoms with Gasteiger partial charge in [0.2, 0.25) is 17.8 Å². The first-order valence-electron chi connectivity index (χ1n) is 9.34. The Hall–Kier alpha value is -3.54. The number of hydrogen-bond donors (Lipinski definition) is 5. The van der Waals surface area contributed by atoms with Crippen molar-refractivity contribution in [2.75, 3.05) is 55.0 Å². The van der Waals surface area contributed by atoms with E-state index >= 15 is 0 Å². The van der Waals surface area contributed by atoms with Crippen LogP contribution in [0.15, 0.2) is 6.20 Å². The zero-order valence-electron chi connectivity index (χ0n) is 16.8. The molecule has 1 aliphatic rings. The number of nitrogens with one attached hydrogen (secondary N) is 3. The van der Waals surface area contributed by atoms with Crippen LogP contribution in [0.4, 0.5) is 23.0 Å². The van der Waals surface area contributed by atoms with Crippen molar-refractivity contribution in [2.45, 2.75) is 6.92 Å². The van der Waals surface area contributed by atoms with Gasteiger partial charge in [-0.05, 0) is 12.8 Å². The van der Waals surface area contributed by atoms with Crippen molar-refractivity contribution in [2.24, 2.45) is 5.73 Å². The van der Waals surface area contributed by atoms with Crippen LogP contribution >= 0.6 is 11.3 Å². The molecule has 0 radical (unpaired) electrons. The van der Waals surface area contributed by atoms with Crippen LogP contribution in [0, 0.1) is 11.8 Å². The molecule has 1 saturated heterocycles. The lowest BCUT2D eigenvalue weighted by molar-refractivity contribution is -0.115. The Morgan fingerprint density at radius 2 is 1.97 bits per heavy atom. The lowest BCUT2D eigenvalue weighted by Crippen LogP contribution is -2.47. The number of aromatic nitrogens is 4. The SMILES string of the molecule is CC#CC(=O)NNc1nc(Nc2ncc(C(N)=O)s2)nc(N2CCN(CCO)CC2)n1. The fraction of sp³-hybridized carbons (Fsp3) is 0.412. The number of primary amides is 1. The maximum Gasteiger partial charge on any atom is 0.314 e. The van der Waals surface area contributed by atoms with Crippen LogP contribution in [0.25, 0.3) is 0 Å². The van der Waals surface area contributed by atoms with Crippen molar-refractivity contribution < 1.29 is 14.7 Å². The van der Waals surface area contributed by atoms with E-state index in [1.165, 1.54) is 6.20 Å². The van der Waals surface area contributed by atoms with Crippen molar-refractivity contribution in [3.8, 4) is 11.8 Å². The van der Waals surface area contributed by atoms with Gasteiger partial charge in [0.15, 0.2) is 5.13 Å². The van der Waals surface area contributed by atoms with Gasteiger partial charge in [0.1, 0.15) is 4.88 Å².